The predicted molar refractivity (Wildman–Crippen MR) is 106 cm³/mol. The Balaban J connectivity index is 1.75. The summed E-state index contributed by atoms with van der Waals surface area (Å²) in [5.41, 5.74) is 0.616. The van der Waals surface area contributed by atoms with Crippen LogP contribution in [-0.4, -0.2) is 26.7 Å². The summed E-state index contributed by atoms with van der Waals surface area (Å²) in [5.74, 6) is -2.20. The number of hydrogen-bond acceptors (Lipinski definition) is 5. The van der Waals surface area contributed by atoms with Crippen LogP contribution in [-0.2, 0) is 16.1 Å². The fourth-order valence-electron chi connectivity index (χ4n) is 3.41. The van der Waals surface area contributed by atoms with Gasteiger partial charge in [0.15, 0.2) is 11.5 Å². The summed E-state index contributed by atoms with van der Waals surface area (Å²) >= 11 is 0. The molecule has 4 rings (SSSR count). The molecule has 0 fully saturated rings. The Hall–Kier alpha value is -4.00. The molecule has 0 bridgehead atoms. The lowest BCUT2D eigenvalue weighted by Crippen LogP contribution is -2.31. The van der Waals surface area contributed by atoms with Gasteiger partial charge in [-0.2, -0.15) is 0 Å². The second kappa shape index (κ2) is 8.16. The van der Waals surface area contributed by atoms with Crippen molar-refractivity contribution in [1.82, 2.24) is 9.88 Å². The summed E-state index contributed by atoms with van der Waals surface area (Å²) in [6.07, 6.45) is 7.24. The lowest BCUT2D eigenvalue weighted by Gasteiger charge is -2.26. The molecule has 1 unspecified atom stereocenters. The van der Waals surface area contributed by atoms with E-state index in [1.54, 1.807) is 42.7 Å². The van der Waals surface area contributed by atoms with Gasteiger partial charge in [0.25, 0.3) is 5.91 Å². The standard InChI is InChI=1S/C23H17FN2O4/c24-18-8-2-1-7-17(18)21-20(19(27)10-9-16-6-4-12-30-16)22(28)23(29)26(21)14-15-5-3-11-25-13-15/h1-13,21,28H,14H2. The quantitative estimate of drug-likeness (QED) is 0.628. The number of halogens is 1. The molecule has 2 aromatic heterocycles. The zero-order valence-corrected chi connectivity index (χ0v) is 15.7. The topological polar surface area (TPSA) is 83.6 Å². The number of hydrogen-bond donors (Lipinski definition) is 1. The van der Waals surface area contributed by atoms with E-state index in [2.05, 4.69) is 4.98 Å². The van der Waals surface area contributed by atoms with Crippen molar-refractivity contribution in [2.24, 2.45) is 0 Å². The van der Waals surface area contributed by atoms with Crippen LogP contribution in [0.25, 0.3) is 6.08 Å². The number of aliphatic hydroxyl groups is 1. The van der Waals surface area contributed by atoms with Crippen LogP contribution in [0.5, 0.6) is 0 Å². The van der Waals surface area contributed by atoms with Gasteiger partial charge in [-0.25, -0.2) is 4.39 Å². The Bertz CT molecular complexity index is 1140. The zero-order valence-electron chi connectivity index (χ0n) is 15.7. The molecule has 0 saturated carbocycles. The number of furan rings is 1. The third-order valence-corrected chi connectivity index (χ3v) is 4.79. The third-order valence-electron chi connectivity index (χ3n) is 4.79. The van der Waals surface area contributed by atoms with Crippen LogP contribution in [0, 0.1) is 5.82 Å². The molecule has 6 nitrogen and oxygen atoms in total. The Morgan fingerprint density at radius 1 is 1.20 bits per heavy atom. The average molecular weight is 404 g/mol. The predicted octanol–water partition coefficient (Wildman–Crippen LogP) is 3.99. The summed E-state index contributed by atoms with van der Waals surface area (Å²) in [4.78, 5) is 31.0. The molecule has 1 N–H and O–H groups in total. The van der Waals surface area contributed by atoms with Gasteiger partial charge in [0.2, 0.25) is 0 Å². The summed E-state index contributed by atoms with van der Waals surface area (Å²) in [7, 11) is 0. The molecule has 1 aliphatic rings. The van der Waals surface area contributed by atoms with E-state index in [4.69, 9.17) is 4.42 Å². The van der Waals surface area contributed by atoms with Gasteiger partial charge in [0.1, 0.15) is 11.6 Å². The highest BCUT2D eigenvalue weighted by Gasteiger charge is 2.43. The first-order chi connectivity index (χ1) is 14.6. The molecule has 1 amide bonds. The molecule has 1 aliphatic heterocycles. The monoisotopic (exact) mass is 404 g/mol. The first-order valence-corrected chi connectivity index (χ1v) is 9.19. The van der Waals surface area contributed by atoms with Crippen molar-refractivity contribution in [3.05, 3.63) is 107 Å². The summed E-state index contributed by atoms with van der Waals surface area (Å²) < 4.78 is 19.8. The molecule has 0 aliphatic carbocycles. The van der Waals surface area contributed by atoms with Crippen molar-refractivity contribution in [2.75, 3.05) is 0 Å². The second-order valence-electron chi connectivity index (χ2n) is 6.69. The van der Waals surface area contributed by atoms with E-state index in [0.29, 0.717) is 11.3 Å². The van der Waals surface area contributed by atoms with E-state index in [9.17, 15) is 19.1 Å². The fraction of sp³-hybridized carbons (Fsp3) is 0.0870. The first-order valence-electron chi connectivity index (χ1n) is 9.19. The van der Waals surface area contributed by atoms with E-state index < -0.39 is 29.3 Å². The molecular weight excluding hydrogens is 387 g/mol. The minimum Gasteiger partial charge on any atom is -0.503 e. The number of carbonyl (C=O) groups is 2. The number of benzene rings is 1. The maximum absolute atomic E-state index is 14.7. The van der Waals surface area contributed by atoms with Crippen molar-refractivity contribution in [3.8, 4) is 0 Å². The Kier molecular flexibility index (Phi) is 5.26. The van der Waals surface area contributed by atoms with Gasteiger partial charge in [-0.15, -0.1) is 0 Å². The number of amides is 1. The van der Waals surface area contributed by atoms with E-state index in [1.165, 1.54) is 41.5 Å². The third kappa shape index (κ3) is 3.65. The van der Waals surface area contributed by atoms with Crippen molar-refractivity contribution in [1.29, 1.82) is 0 Å². The first kappa shape index (κ1) is 19.3. The lowest BCUT2D eigenvalue weighted by atomic mass is 9.95. The van der Waals surface area contributed by atoms with Gasteiger partial charge in [0.05, 0.1) is 17.9 Å². The molecule has 0 spiro atoms. The van der Waals surface area contributed by atoms with Crippen LogP contribution in [0.15, 0.2) is 89.0 Å². The maximum atomic E-state index is 14.7. The normalized spacial score (nSPS) is 16.6. The lowest BCUT2D eigenvalue weighted by molar-refractivity contribution is -0.130. The van der Waals surface area contributed by atoms with Crippen LogP contribution < -0.4 is 0 Å². The highest BCUT2D eigenvalue weighted by atomic mass is 19.1. The van der Waals surface area contributed by atoms with Gasteiger partial charge in [-0.1, -0.05) is 24.3 Å². The number of ketones is 1. The van der Waals surface area contributed by atoms with Crippen molar-refractivity contribution in [2.45, 2.75) is 12.6 Å². The van der Waals surface area contributed by atoms with E-state index in [0.717, 1.165) is 0 Å². The number of aliphatic hydroxyl groups excluding tert-OH is 1. The Morgan fingerprint density at radius 3 is 2.73 bits per heavy atom. The van der Waals surface area contributed by atoms with Gasteiger partial charge in [0, 0.05) is 24.5 Å². The van der Waals surface area contributed by atoms with Gasteiger partial charge in [-0.3, -0.25) is 14.6 Å². The van der Waals surface area contributed by atoms with E-state index in [-0.39, 0.29) is 17.7 Å². The summed E-state index contributed by atoms with van der Waals surface area (Å²) in [6.45, 7) is 0.0500. The largest absolute Gasteiger partial charge is 0.503 e. The summed E-state index contributed by atoms with van der Waals surface area (Å²) in [5, 5.41) is 10.5. The van der Waals surface area contributed by atoms with E-state index in [1.807, 2.05) is 0 Å². The van der Waals surface area contributed by atoms with Gasteiger partial charge < -0.3 is 14.4 Å². The number of rotatable bonds is 6. The highest BCUT2D eigenvalue weighted by molar-refractivity contribution is 6.14. The zero-order chi connectivity index (χ0) is 21.1. The number of nitrogens with zero attached hydrogens (tertiary/aromatic N) is 2. The van der Waals surface area contributed by atoms with Crippen LogP contribution >= 0.6 is 0 Å². The number of aromatic nitrogens is 1. The van der Waals surface area contributed by atoms with Gasteiger partial charge in [-0.05, 0) is 42.0 Å². The van der Waals surface area contributed by atoms with Crippen LogP contribution in [0.2, 0.25) is 0 Å². The maximum Gasteiger partial charge on any atom is 0.290 e. The van der Waals surface area contributed by atoms with Crippen molar-refractivity contribution < 1.29 is 23.5 Å². The molecule has 0 saturated heterocycles. The smallest absolute Gasteiger partial charge is 0.290 e. The fourth-order valence-corrected chi connectivity index (χ4v) is 3.41. The molecule has 3 aromatic rings. The number of allylic oxidation sites excluding steroid dienone is 1. The molecule has 150 valence electrons. The highest BCUT2D eigenvalue weighted by Crippen LogP contribution is 2.39. The Morgan fingerprint density at radius 2 is 2.03 bits per heavy atom. The SMILES string of the molecule is O=C(C=Cc1ccco1)C1=C(O)C(=O)N(Cc2cccnc2)C1c1ccccc1F. The second-order valence-corrected chi connectivity index (χ2v) is 6.69. The molecular formula is C23H17FN2O4. The van der Waals surface area contributed by atoms with Gasteiger partial charge >= 0.3 is 0 Å². The summed E-state index contributed by atoms with van der Waals surface area (Å²) in [6, 6.07) is 11.6. The molecule has 3 heterocycles. The molecule has 0 radical (unpaired) electrons. The minimum atomic E-state index is -1.08. The molecule has 30 heavy (non-hydrogen) atoms. The average Bonchev–Trinajstić information content (AvgIpc) is 3.36. The van der Waals surface area contributed by atoms with Crippen LogP contribution in [0.3, 0.4) is 0 Å². The van der Waals surface area contributed by atoms with Crippen molar-refractivity contribution in [3.63, 3.8) is 0 Å². The number of carbonyl (C=O) groups excluding carboxylic acids is 2. The number of pyridine rings is 1. The van der Waals surface area contributed by atoms with Crippen LogP contribution in [0.4, 0.5) is 4.39 Å². The van der Waals surface area contributed by atoms with Crippen molar-refractivity contribution >= 4 is 17.8 Å². The van der Waals surface area contributed by atoms with Crippen LogP contribution in [0.1, 0.15) is 22.9 Å². The minimum absolute atomic E-state index is 0.0500. The molecule has 7 heteroatoms. The molecule has 1 atom stereocenters. The van der Waals surface area contributed by atoms with E-state index >= 15 is 0 Å². The molecule has 1 aromatic carbocycles. The Labute approximate surface area is 171 Å².